The number of hydrogen-bond acceptors (Lipinski definition) is 2. The molecule has 0 aromatic carbocycles. The standard InChI is InChI=1S/C13H24N2O/c1-10(2)5-6-13(16)9-12-7-8-15(14-12)11(3)4/h7-8,10-11,13,16H,5-6,9H2,1-4H3. The molecule has 0 saturated carbocycles. The predicted molar refractivity (Wildman–Crippen MR) is 66.4 cm³/mol. The summed E-state index contributed by atoms with van der Waals surface area (Å²) in [5.41, 5.74) is 0.991. The van der Waals surface area contributed by atoms with Gasteiger partial charge in [-0.1, -0.05) is 13.8 Å². The van der Waals surface area contributed by atoms with Crippen LogP contribution in [-0.4, -0.2) is 21.0 Å². The lowest BCUT2D eigenvalue weighted by atomic mass is 10.0. The molecule has 3 nitrogen and oxygen atoms in total. The zero-order valence-electron chi connectivity index (χ0n) is 10.8. The van der Waals surface area contributed by atoms with Gasteiger partial charge in [-0.15, -0.1) is 0 Å². The molecule has 92 valence electrons. The van der Waals surface area contributed by atoms with Crippen LogP contribution < -0.4 is 0 Å². The van der Waals surface area contributed by atoms with Crippen molar-refractivity contribution in [3.05, 3.63) is 18.0 Å². The minimum atomic E-state index is -0.252. The molecule has 0 aliphatic carbocycles. The van der Waals surface area contributed by atoms with Crippen molar-refractivity contribution in [3.8, 4) is 0 Å². The number of aliphatic hydroxyl groups is 1. The van der Waals surface area contributed by atoms with E-state index in [1.807, 2.05) is 16.9 Å². The molecule has 1 unspecified atom stereocenters. The van der Waals surface area contributed by atoms with Gasteiger partial charge in [0, 0.05) is 18.7 Å². The Bertz CT molecular complexity index is 305. The average Bonchev–Trinajstić information content (AvgIpc) is 2.63. The van der Waals surface area contributed by atoms with Gasteiger partial charge in [0.15, 0.2) is 0 Å². The molecule has 1 aromatic heterocycles. The molecule has 0 spiro atoms. The molecule has 0 aliphatic rings. The smallest absolute Gasteiger partial charge is 0.0650 e. The maximum Gasteiger partial charge on any atom is 0.0650 e. The summed E-state index contributed by atoms with van der Waals surface area (Å²) in [6, 6.07) is 2.39. The lowest BCUT2D eigenvalue weighted by molar-refractivity contribution is 0.155. The zero-order chi connectivity index (χ0) is 12.1. The molecule has 1 atom stereocenters. The topological polar surface area (TPSA) is 38.0 Å². The second kappa shape index (κ2) is 6.04. The van der Waals surface area contributed by atoms with E-state index in [4.69, 9.17) is 0 Å². The van der Waals surface area contributed by atoms with E-state index in [0.29, 0.717) is 18.4 Å². The molecule has 1 heterocycles. The van der Waals surface area contributed by atoms with Gasteiger partial charge in [0.05, 0.1) is 11.8 Å². The lowest BCUT2D eigenvalue weighted by Crippen LogP contribution is -2.12. The monoisotopic (exact) mass is 224 g/mol. The van der Waals surface area contributed by atoms with Crippen molar-refractivity contribution in [2.45, 2.75) is 59.1 Å². The third-order valence-corrected chi connectivity index (χ3v) is 2.71. The molecule has 1 N–H and O–H groups in total. The van der Waals surface area contributed by atoms with Crippen molar-refractivity contribution in [3.63, 3.8) is 0 Å². The highest BCUT2D eigenvalue weighted by Gasteiger charge is 2.09. The minimum absolute atomic E-state index is 0.252. The molecular formula is C13H24N2O. The molecule has 3 heteroatoms. The summed E-state index contributed by atoms with van der Waals surface area (Å²) in [5.74, 6) is 0.655. The van der Waals surface area contributed by atoms with Crippen molar-refractivity contribution < 1.29 is 5.11 Å². The van der Waals surface area contributed by atoms with Crippen molar-refractivity contribution >= 4 is 0 Å². The van der Waals surface area contributed by atoms with Gasteiger partial charge in [-0.2, -0.15) is 5.10 Å². The number of nitrogens with zero attached hydrogens (tertiary/aromatic N) is 2. The Morgan fingerprint density at radius 3 is 2.44 bits per heavy atom. The predicted octanol–water partition coefficient (Wildman–Crippen LogP) is 2.80. The third kappa shape index (κ3) is 4.35. The van der Waals surface area contributed by atoms with Gasteiger partial charge in [-0.05, 0) is 38.7 Å². The maximum absolute atomic E-state index is 9.85. The summed E-state index contributed by atoms with van der Waals surface area (Å²) in [6.45, 7) is 8.57. The van der Waals surface area contributed by atoms with Crippen LogP contribution in [-0.2, 0) is 6.42 Å². The molecule has 0 saturated heterocycles. The van der Waals surface area contributed by atoms with Crippen LogP contribution in [0.1, 0.15) is 52.3 Å². The SMILES string of the molecule is CC(C)CCC(O)Cc1ccn(C(C)C)n1. The molecule has 0 bridgehead atoms. The number of aromatic nitrogens is 2. The van der Waals surface area contributed by atoms with E-state index in [1.54, 1.807) is 0 Å². The number of hydrogen-bond donors (Lipinski definition) is 1. The minimum Gasteiger partial charge on any atom is -0.393 e. The second-order valence-electron chi connectivity index (χ2n) is 5.21. The third-order valence-electron chi connectivity index (χ3n) is 2.71. The Morgan fingerprint density at radius 2 is 1.94 bits per heavy atom. The molecule has 0 aliphatic heterocycles. The summed E-state index contributed by atoms with van der Waals surface area (Å²) in [7, 11) is 0. The molecule has 1 rings (SSSR count). The summed E-state index contributed by atoms with van der Waals surface area (Å²) in [6.07, 6.45) is 4.35. The molecular weight excluding hydrogens is 200 g/mol. The highest BCUT2D eigenvalue weighted by Crippen LogP contribution is 2.11. The quantitative estimate of drug-likeness (QED) is 0.807. The summed E-state index contributed by atoms with van der Waals surface area (Å²) >= 11 is 0. The molecule has 1 aromatic rings. The van der Waals surface area contributed by atoms with Crippen molar-refractivity contribution in [1.29, 1.82) is 0 Å². The van der Waals surface area contributed by atoms with Crippen molar-refractivity contribution in [2.75, 3.05) is 0 Å². The van der Waals surface area contributed by atoms with Crippen LogP contribution in [0.3, 0.4) is 0 Å². The Morgan fingerprint density at radius 1 is 1.25 bits per heavy atom. The fraction of sp³-hybridized carbons (Fsp3) is 0.769. The van der Waals surface area contributed by atoms with E-state index in [1.165, 1.54) is 0 Å². The highest BCUT2D eigenvalue weighted by molar-refractivity contribution is 5.01. The number of rotatable bonds is 6. The van der Waals surface area contributed by atoms with Crippen LogP contribution in [0.2, 0.25) is 0 Å². The second-order valence-corrected chi connectivity index (χ2v) is 5.21. The fourth-order valence-electron chi connectivity index (χ4n) is 1.64. The van der Waals surface area contributed by atoms with Gasteiger partial charge in [0.1, 0.15) is 0 Å². The Balaban J connectivity index is 2.40. The van der Waals surface area contributed by atoms with Crippen LogP contribution in [0.25, 0.3) is 0 Å². The van der Waals surface area contributed by atoms with Crippen LogP contribution >= 0.6 is 0 Å². The average molecular weight is 224 g/mol. The maximum atomic E-state index is 9.85. The van der Waals surface area contributed by atoms with Crippen LogP contribution in [0.4, 0.5) is 0 Å². The Hall–Kier alpha value is -0.830. The van der Waals surface area contributed by atoms with Gasteiger partial charge >= 0.3 is 0 Å². The lowest BCUT2D eigenvalue weighted by Gasteiger charge is -2.10. The molecule has 16 heavy (non-hydrogen) atoms. The number of aliphatic hydroxyl groups excluding tert-OH is 1. The Kier molecular flexibility index (Phi) is 5.00. The first-order valence-electron chi connectivity index (χ1n) is 6.21. The van der Waals surface area contributed by atoms with Crippen molar-refractivity contribution in [2.24, 2.45) is 5.92 Å². The van der Waals surface area contributed by atoms with E-state index in [-0.39, 0.29) is 6.10 Å². The first kappa shape index (κ1) is 13.2. The highest BCUT2D eigenvalue weighted by atomic mass is 16.3. The van der Waals surface area contributed by atoms with Gasteiger partial charge in [0.25, 0.3) is 0 Å². The first-order chi connectivity index (χ1) is 7.49. The van der Waals surface area contributed by atoms with Gasteiger partial charge in [0.2, 0.25) is 0 Å². The Labute approximate surface area is 98.5 Å². The van der Waals surface area contributed by atoms with Gasteiger partial charge < -0.3 is 5.11 Å². The summed E-state index contributed by atoms with van der Waals surface area (Å²) in [5, 5.41) is 14.3. The normalized spacial score (nSPS) is 13.7. The molecule has 0 amide bonds. The van der Waals surface area contributed by atoms with Gasteiger partial charge in [-0.25, -0.2) is 0 Å². The zero-order valence-corrected chi connectivity index (χ0v) is 10.8. The van der Waals surface area contributed by atoms with Crippen LogP contribution in [0.15, 0.2) is 12.3 Å². The summed E-state index contributed by atoms with van der Waals surface area (Å²) < 4.78 is 1.94. The van der Waals surface area contributed by atoms with Crippen LogP contribution in [0, 0.1) is 5.92 Å². The van der Waals surface area contributed by atoms with E-state index in [2.05, 4.69) is 32.8 Å². The van der Waals surface area contributed by atoms with Gasteiger partial charge in [-0.3, -0.25) is 4.68 Å². The molecule has 0 fully saturated rings. The van der Waals surface area contributed by atoms with E-state index >= 15 is 0 Å². The van der Waals surface area contributed by atoms with Crippen molar-refractivity contribution in [1.82, 2.24) is 9.78 Å². The molecule has 0 radical (unpaired) electrons. The van der Waals surface area contributed by atoms with Crippen LogP contribution in [0.5, 0.6) is 0 Å². The first-order valence-corrected chi connectivity index (χ1v) is 6.21. The summed E-state index contributed by atoms with van der Waals surface area (Å²) in [4.78, 5) is 0. The van der Waals surface area contributed by atoms with E-state index in [9.17, 15) is 5.11 Å². The fourth-order valence-corrected chi connectivity index (χ4v) is 1.64. The van der Waals surface area contributed by atoms with E-state index < -0.39 is 0 Å². The largest absolute Gasteiger partial charge is 0.393 e. The van der Waals surface area contributed by atoms with E-state index in [0.717, 1.165) is 18.5 Å².